The Morgan fingerprint density at radius 2 is 1.35 bits per heavy atom. The molecule has 110 valence electrons. The second-order valence-electron chi connectivity index (χ2n) is 4.23. The monoisotopic (exact) mass is 295 g/mol. The van der Waals surface area contributed by atoms with Crippen molar-refractivity contribution < 1.29 is 31.5 Å². The van der Waals surface area contributed by atoms with Gasteiger partial charge in [-0.25, -0.2) is 22.0 Å². The molecule has 0 radical (unpaired) electrons. The van der Waals surface area contributed by atoms with Crippen LogP contribution in [0.5, 0.6) is 0 Å². The summed E-state index contributed by atoms with van der Waals surface area (Å²) in [5.74, 6) is -13.0. The van der Waals surface area contributed by atoms with E-state index in [4.69, 9.17) is 0 Å². The maximum atomic E-state index is 13.3. The highest BCUT2D eigenvalue weighted by molar-refractivity contribution is 5.95. The van der Waals surface area contributed by atoms with Crippen LogP contribution in [0.3, 0.4) is 0 Å². The zero-order chi connectivity index (χ0) is 15.6. The van der Waals surface area contributed by atoms with E-state index in [0.717, 1.165) is 0 Å². The maximum absolute atomic E-state index is 13.3. The number of rotatable bonds is 4. The van der Waals surface area contributed by atoms with Gasteiger partial charge in [-0.05, 0) is 13.8 Å². The van der Waals surface area contributed by atoms with E-state index in [-0.39, 0.29) is 12.2 Å². The number of ketones is 1. The molecule has 1 atom stereocenters. The van der Waals surface area contributed by atoms with E-state index in [0.29, 0.717) is 0 Å². The van der Waals surface area contributed by atoms with E-state index in [1.54, 1.807) is 0 Å². The standard InChI is InChI=1S/C12H10F5NO2/c1-4(3-5(2)19)18-12(20)6-7(13)9(15)11(17)10(16)8(6)14/h4H,3H2,1-2H3,(H,18,20). The molecule has 0 aliphatic rings. The zero-order valence-electron chi connectivity index (χ0n) is 10.5. The predicted octanol–water partition coefficient (Wildman–Crippen LogP) is 2.48. The summed E-state index contributed by atoms with van der Waals surface area (Å²) in [6.07, 6.45) is -0.138. The summed E-state index contributed by atoms with van der Waals surface area (Å²) in [4.78, 5) is 22.3. The average Bonchev–Trinajstić information content (AvgIpc) is 2.33. The number of Topliss-reactive ketones (excluding diaryl/α,β-unsaturated/α-hetero) is 1. The van der Waals surface area contributed by atoms with E-state index < -0.39 is 46.6 Å². The molecule has 0 spiro atoms. The lowest BCUT2D eigenvalue weighted by Crippen LogP contribution is -2.35. The summed E-state index contributed by atoms with van der Waals surface area (Å²) in [6, 6.07) is -0.810. The highest BCUT2D eigenvalue weighted by Crippen LogP contribution is 2.23. The Kier molecular flexibility index (Phi) is 4.80. The van der Waals surface area contributed by atoms with Crippen LogP contribution in [0.2, 0.25) is 0 Å². The third kappa shape index (κ3) is 3.12. The first kappa shape index (κ1) is 16.1. The first-order valence-electron chi connectivity index (χ1n) is 5.48. The molecule has 0 heterocycles. The van der Waals surface area contributed by atoms with Crippen LogP contribution >= 0.6 is 0 Å². The average molecular weight is 295 g/mol. The minimum atomic E-state index is -2.34. The Morgan fingerprint density at radius 1 is 0.950 bits per heavy atom. The number of hydrogen-bond donors (Lipinski definition) is 1. The number of halogens is 5. The number of nitrogens with one attached hydrogen (secondary N) is 1. The lowest BCUT2D eigenvalue weighted by molar-refractivity contribution is -0.117. The van der Waals surface area contributed by atoms with Gasteiger partial charge >= 0.3 is 0 Å². The van der Waals surface area contributed by atoms with Gasteiger partial charge in [0.15, 0.2) is 23.3 Å². The van der Waals surface area contributed by atoms with Crippen LogP contribution in [-0.2, 0) is 4.79 Å². The lowest BCUT2D eigenvalue weighted by Gasteiger charge is -2.13. The van der Waals surface area contributed by atoms with E-state index in [1.165, 1.54) is 13.8 Å². The summed E-state index contributed by atoms with van der Waals surface area (Å²) in [5, 5.41) is 1.99. The molecule has 0 aromatic heterocycles. The molecule has 1 unspecified atom stereocenters. The van der Waals surface area contributed by atoms with Crippen LogP contribution in [0.25, 0.3) is 0 Å². The fourth-order valence-electron chi connectivity index (χ4n) is 1.58. The molecule has 1 aromatic carbocycles. The fourth-order valence-corrected chi connectivity index (χ4v) is 1.58. The minimum Gasteiger partial charge on any atom is -0.349 e. The van der Waals surface area contributed by atoms with Crippen molar-refractivity contribution >= 4 is 11.7 Å². The zero-order valence-corrected chi connectivity index (χ0v) is 10.5. The Balaban J connectivity index is 3.14. The molecule has 0 bridgehead atoms. The maximum Gasteiger partial charge on any atom is 0.257 e. The van der Waals surface area contributed by atoms with Crippen molar-refractivity contribution in [1.82, 2.24) is 5.32 Å². The molecule has 0 fully saturated rings. The second-order valence-corrected chi connectivity index (χ2v) is 4.23. The second kappa shape index (κ2) is 5.98. The van der Waals surface area contributed by atoms with Crippen molar-refractivity contribution in [1.29, 1.82) is 0 Å². The number of benzene rings is 1. The van der Waals surface area contributed by atoms with E-state index >= 15 is 0 Å². The molecule has 1 aromatic rings. The number of amides is 1. The largest absolute Gasteiger partial charge is 0.349 e. The smallest absolute Gasteiger partial charge is 0.257 e. The van der Waals surface area contributed by atoms with Crippen LogP contribution in [0.15, 0.2) is 0 Å². The quantitative estimate of drug-likeness (QED) is 0.527. The van der Waals surface area contributed by atoms with Crippen molar-refractivity contribution in [3.05, 3.63) is 34.6 Å². The van der Waals surface area contributed by atoms with Crippen molar-refractivity contribution in [2.45, 2.75) is 26.3 Å². The van der Waals surface area contributed by atoms with Gasteiger partial charge in [0, 0.05) is 12.5 Å². The molecule has 3 nitrogen and oxygen atoms in total. The minimum absolute atomic E-state index is 0.138. The topological polar surface area (TPSA) is 46.2 Å². The van der Waals surface area contributed by atoms with Gasteiger partial charge in [-0.1, -0.05) is 0 Å². The first-order chi connectivity index (χ1) is 9.16. The van der Waals surface area contributed by atoms with Gasteiger partial charge in [0.25, 0.3) is 5.91 Å². The van der Waals surface area contributed by atoms with Crippen LogP contribution < -0.4 is 5.32 Å². The SMILES string of the molecule is CC(=O)CC(C)NC(=O)c1c(F)c(F)c(F)c(F)c1F. The number of hydrogen-bond acceptors (Lipinski definition) is 2. The third-order valence-corrected chi connectivity index (χ3v) is 2.41. The summed E-state index contributed by atoms with van der Waals surface area (Å²) in [5.41, 5.74) is -1.57. The van der Waals surface area contributed by atoms with Gasteiger partial charge in [-0.15, -0.1) is 0 Å². The molecule has 0 aliphatic carbocycles. The Labute approximate surface area is 110 Å². The van der Waals surface area contributed by atoms with Crippen molar-refractivity contribution in [2.24, 2.45) is 0 Å². The van der Waals surface area contributed by atoms with Crippen LogP contribution in [0.1, 0.15) is 30.6 Å². The van der Waals surface area contributed by atoms with Gasteiger partial charge in [0.05, 0.1) is 0 Å². The predicted molar refractivity (Wildman–Crippen MR) is 58.5 cm³/mol. The highest BCUT2D eigenvalue weighted by Gasteiger charge is 2.30. The fraction of sp³-hybridized carbons (Fsp3) is 0.333. The highest BCUT2D eigenvalue weighted by atomic mass is 19.2. The summed E-state index contributed by atoms with van der Waals surface area (Å²) in [7, 11) is 0. The van der Waals surface area contributed by atoms with Gasteiger partial charge in [-0.2, -0.15) is 0 Å². The normalized spacial score (nSPS) is 12.2. The lowest BCUT2D eigenvalue weighted by atomic mass is 10.1. The van der Waals surface area contributed by atoms with Crippen molar-refractivity contribution in [3.63, 3.8) is 0 Å². The van der Waals surface area contributed by atoms with Gasteiger partial charge in [-0.3, -0.25) is 9.59 Å². The van der Waals surface area contributed by atoms with Gasteiger partial charge in [0.1, 0.15) is 11.3 Å². The molecule has 8 heteroatoms. The molecule has 0 saturated carbocycles. The molecule has 1 N–H and O–H groups in total. The van der Waals surface area contributed by atoms with Crippen molar-refractivity contribution in [3.8, 4) is 0 Å². The molecular weight excluding hydrogens is 285 g/mol. The van der Waals surface area contributed by atoms with E-state index in [2.05, 4.69) is 0 Å². The molecule has 20 heavy (non-hydrogen) atoms. The van der Waals surface area contributed by atoms with Crippen molar-refractivity contribution in [2.75, 3.05) is 0 Å². The molecule has 1 amide bonds. The summed E-state index contributed by atoms with van der Waals surface area (Å²) < 4.78 is 65.3. The van der Waals surface area contributed by atoms with E-state index in [1.807, 2.05) is 5.32 Å². The van der Waals surface area contributed by atoms with Gasteiger partial charge in [0.2, 0.25) is 5.82 Å². The summed E-state index contributed by atoms with van der Waals surface area (Å²) in [6.45, 7) is 2.58. The number of carbonyl (C=O) groups is 2. The number of carbonyl (C=O) groups excluding carboxylic acids is 2. The van der Waals surface area contributed by atoms with Crippen LogP contribution in [0.4, 0.5) is 22.0 Å². The Hall–Kier alpha value is -1.99. The van der Waals surface area contributed by atoms with Crippen LogP contribution in [-0.4, -0.2) is 17.7 Å². The van der Waals surface area contributed by atoms with Crippen LogP contribution in [0, 0.1) is 29.1 Å². The molecular formula is C12H10F5NO2. The first-order valence-corrected chi connectivity index (χ1v) is 5.48. The third-order valence-electron chi connectivity index (χ3n) is 2.41. The molecule has 0 saturated heterocycles. The van der Waals surface area contributed by atoms with E-state index in [9.17, 15) is 31.5 Å². The van der Waals surface area contributed by atoms with Gasteiger partial charge < -0.3 is 5.32 Å². The molecule has 1 rings (SSSR count). The summed E-state index contributed by atoms with van der Waals surface area (Å²) >= 11 is 0. The Morgan fingerprint density at radius 3 is 1.75 bits per heavy atom. The molecule has 0 aliphatic heterocycles. The Bertz CT molecular complexity index is 544.